The molecule has 2 fully saturated rings. The van der Waals surface area contributed by atoms with Gasteiger partial charge in [0.25, 0.3) is 0 Å². The number of carbonyl (C=O) groups is 1. The first-order valence-electron chi connectivity index (χ1n) is 8.08. The summed E-state index contributed by atoms with van der Waals surface area (Å²) >= 11 is 0. The van der Waals surface area contributed by atoms with Gasteiger partial charge in [0.2, 0.25) is 0 Å². The van der Waals surface area contributed by atoms with E-state index in [-0.39, 0.29) is 29.1 Å². The van der Waals surface area contributed by atoms with Gasteiger partial charge in [-0.15, -0.1) is 0 Å². The number of aromatic hydroxyl groups is 1. The average Bonchev–Trinajstić information content (AvgIpc) is 2.50. The lowest BCUT2D eigenvalue weighted by Gasteiger charge is -2.52. The Hall–Kier alpha value is -1.35. The van der Waals surface area contributed by atoms with Crippen molar-refractivity contribution in [2.24, 2.45) is 11.3 Å². The minimum Gasteiger partial charge on any atom is -0.508 e. The Kier molecular flexibility index (Phi) is 3.78. The molecule has 0 saturated heterocycles. The van der Waals surface area contributed by atoms with E-state index in [1.807, 2.05) is 12.1 Å². The van der Waals surface area contributed by atoms with E-state index in [2.05, 4.69) is 6.92 Å². The van der Waals surface area contributed by atoms with Crippen LogP contribution in [0, 0.1) is 11.3 Å². The number of aliphatic hydroxyl groups is 1. The number of fused-ring (bicyclic) bond motifs is 1. The molecule has 2 aliphatic rings. The molecule has 0 radical (unpaired) electrons. The monoisotopic (exact) mass is 288 g/mol. The minimum atomic E-state index is -0.370. The van der Waals surface area contributed by atoms with Gasteiger partial charge >= 0.3 is 0 Å². The number of ketones is 1. The van der Waals surface area contributed by atoms with E-state index >= 15 is 0 Å². The summed E-state index contributed by atoms with van der Waals surface area (Å²) in [5, 5.41) is 20.3. The summed E-state index contributed by atoms with van der Waals surface area (Å²) in [6.45, 7) is 2.10. The molecule has 3 heteroatoms. The van der Waals surface area contributed by atoms with Crippen LogP contribution >= 0.6 is 0 Å². The number of rotatable bonds is 2. The zero-order valence-electron chi connectivity index (χ0n) is 12.6. The molecule has 2 N–H and O–H groups in total. The summed E-state index contributed by atoms with van der Waals surface area (Å²) in [5.74, 6) is 0.592. The SMILES string of the molecule is CCC12CCCC(c3cccc(O)c3)C1C(=O)CCC2O. The molecule has 3 rings (SSSR count). The molecule has 114 valence electrons. The fraction of sp³-hybridized carbons (Fsp3) is 0.611. The third-order valence-corrected chi connectivity index (χ3v) is 5.81. The van der Waals surface area contributed by atoms with Gasteiger partial charge in [-0.1, -0.05) is 25.5 Å². The topological polar surface area (TPSA) is 57.5 Å². The molecule has 0 bridgehead atoms. The fourth-order valence-corrected chi connectivity index (χ4v) is 4.76. The van der Waals surface area contributed by atoms with Crippen LogP contribution in [0.5, 0.6) is 5.75 Å². The third kappa shape index (κ3) is 2.28. The highest BCUT2D eigenvalue weighted by atomic mass is 16.3. The van der Waals surface area contributed by atoms with Gasteiger partial charge in [-0.05, 0) is 49.3 Å². The van der Waals surface area contributed by atoms with Gasteiger partial charge < -0.3 is 10.2 Å². The van der Waals surface area contributed by atoms with Crippen molar-refractivity contribution >= 4 is 5.78 Å². The molecule has 1 aromatic carbocycles. The number of carbonyl (C=O) groups excluding carboxylic acids is 1. The molecule has 3 nitrogen and oxygen atoms in total. The number of phenolic OH excluding ortho intramolecular Hbond substituents is 1. The molecule has 0 aliphatic heterocycles. The van der Waals surface area contributed by atoms with Crippen molar-refractivity contribution in [3.05, 3.63) is 29.8 Å². The van der Waals surface area contributed by atoms with Crippen LogP contribution in [-0.4, -0.2) is 22.1 Å². The highest BCUT2D eigenvalue weighted by Crippen LogP contribution is 2.56. The quantitative estimate of drug-likeness (QED) is 0.877. The lowest BCUT2D eigenvalue weighted by Crippen LogP contribution is -2.53. The van der Waals surface area contributed by atoms with Gasteiger partial charge in [-0.2, -0.15) is 0 Å². The average molecular weight is 288 g/mol. The van der Waals surface area contributed by atoms with Crippen molar-refractivity contribution in [1.29, 1.82) is 0 Å². The Morgan fingerprint density at radius 2 is 2.14 bits per heavy atom. The third-order valence-electron chi connectivity index (χ3n) is 5.81. The number of benzene rings is 1. The molecular formula is C18H24O3. The van der Waals surface area contributed by atoms with Gasteiger partial charge in [-0.25, -0.2) is 0 Å². The molecule has 0 aromatic heterocycles. The first-order chi connectivity index (χ1) is 10.1. The smallest absolute Gasteiger partial charge is 0.137 e. The largest absolute Gasteiger partial charge is 0.508 e. The van der Waals surface area contributed by atoms with Crippen molar-refractivity contribution in [3.8, 4) is 5.75 Å². The van der Waals surface area contributed by atoms with E-state index in [0.717, 1.165) is 31.2 Å². The summed E-state index contributed by atoms with van der Waals surface area (Å²) in [6, 6.07) is 7.29. The van der Waals surface area contributed by atoms with Crippen LogP contribution in [0.1, 0.15) is 56.9 Å². The van der Waals surface area contributed by atoms with Crippen LogP contribution in [0.2, 0.25) is 0 Å². The lowest BCUT2D eigenvalue weighted by molar-refractivity contribution is -0.148. The van der Waals surface area contributed by atoms with Crippen LogP contribution in [0.15, 0.2) is 24.3 Å². The molecule has 2 aliphatic carbocycles. The second-order valence-corrected chi connectivity index (χ2v) is 6.68. The standard InChI is InChI=1S/C18H24O3/c1-2-18-10-4-7-14(12-5-3-6-13(19)11-12)17(18)15(20)8-9-16(18)21/h3,5-6,11,14,16-17,19,21H,2,4,7-10H2,1H3. The van der Waals surface area contributed by atoms with Gasteiger partial charge in [0, 0.05) is 17.8 Å². The zero-order chi connectivity index (χ0) is 15.0. The van der Waals surface area contributed by atoms with Crippen LogP contribution in [-0.2, 0) is 4.79 Å². The second kappa shape index (κ2) is 5.45. The summed E-state index contributed by atoms with van der Waals surface area (Å²) in [7, 11) is 0. The number of hydrogen-bond donors (Lipinski definition) is 2. The molecule has 21 heavy (non-hydrogen) atoms. The summed E-state index contributed by atoms with van der Waals surface area (Å²) in [6.07, 6.45) is 4.52. The summed E-state index contributed by atoms with van der Waals surface area (Å²) in [5.41, 5.74) is 0.781. The van der Waals surface area contributed by atoms with E-state index in [0.29, 0.717) is 18.6 Å². The number of phenols is 1. The molecule has 0 spiro atoms. The van der Waals surface area contributed by atoms with Gasteiger partial charge in [0.1, 0.15) is 11.5 Å². The van der Waals surface area contributed by atoms with Crippen molar-refractivity contribution in [2.75, 3.05) is 0 Å². The van der Waals surface area contributed by atoms with Gasteiger partial charge in [0.05, 0.1) is 6.10 Å². The van der Waals surface area contributed by atoms with Crippen LogP contribution in [0.25, 0.3) is 0 Å². The van der Waals surface area contributed by atoms with Gasteiger partial charge in [0.15, 0.2) is 0 Å². The van der Waals surface area contributed by atoms with E-state index in [9.17, 15) is 15.0 Å². The number of aliphatic hydroxyl groups excluding tert-OH is 1. The van der Waals surface area contributed by atoms with E-state index in [1.165, 1.54) is 0 Å². The van der Waals surface area contributed by atoms with E-state index < -0.39 is 0 Å². The maximum Gasteiger partial charge on any atom is 0.137 e. The summed E-state index contributed by atoms with van der Waals surface area (Å²) < 4.78 is 0. The first kappa shape index (κ1) is 14.6. The highest BCUT2D eigenvalue weighted by molar-refractivity contribution is 5.84. The Morgan fingerprint density at radius 1 is 1.33 bits per heavy atom. The molecule has 1 aromatic rings. The molecule has 2 saturated carbocycles. The fourth-order valence-electron chi connectivity index (χ4n) is 4.76. The van der Waals surface area contributed by atoms with E-state index in [1.54, 1.807) is 12.1 Å². The van der Waals surface area contributed by atoms with Crippen molar-refractivity contribution in [1.82, 2.24) is 0 Å². The first-order valence-corrected chi connectivity index (χ1v) is 8.08. The van der Waals surface area contributed by atoms with E-state index in [4.69, 9.17) is 0 Å². The normalized spacial score (nSPS) is 36.3. The van der Waals surface area contributed by atoms with Crippen molar-refractivity contribution < 1.29 is 15.0 Å². The predicted molar refractivity (Wildman–Crippen MR) is 81.2 cm³/mol. The van der Waals surface area contributed by atoms with Crippen LogP contribution in [0.3, 0.4) is 0 Å². The number of hydrogen-bond acceptors (Lipinski definition) is 3. The minimum absolute atomic E-state index is 0.0956. The van der Waals surface area contributed by atoms with Crippen molar-refractivity contribution in [3.63, 3.8) is 0 Å². The molecule has 4 unspecified atom stereocenters. The molecule has 4 atom stereocenters. The Bertz CT molecular complexity index is 539. The zero-order valence-corrected chi connectivity index (χ0v) is 12.6. The maximum atomic E-state index is 12.6. The Balaban J connectivity index is 2.03. The molecule has 0 heterocycles. The Labute approximate surface area is 126 Å². The molecular weight excluding hydrogens is 264 g/mol. The van der Waals surface area contributed by atoms with Gasteiger partial charge in [-0.3, -0.25) is 4.79 Å². The second-order valence-electron chi connectivity index (χ2n) is 6.68. The number of Topliss-reactive ketones (excluding diaryl/α,β-unsaturated/α-hetero) is 1. The van der Waals surface area contributed by atoms with Crippen LogP contribution < -0.4 is 0 Å². The molecule has 0 amide bonds. The summed E-state index contributed by atoms with van der Waals surface area (Å²) in [4.78, 5) is 12.6. The van der Waals surface area contributed by atoms with Crippen LogP contribution in [0.4, 0.5) is 0 Å². The predicted octanol–water partition coefficient (Wildman–Crippen LogP) is 3.40. The maximum absolute atomic E-state index is 12.6. The Morgan fingerprint density at radius 3 is 2.86 bits per heavy atom. The lowest BCUT2D eigenvalue weighted by atomic mass is 9.52. The highest BCUT2D eigenvalue weighted by Gasteiger charge is 2.54. The van der Waals surface area contributed by atoms with Crippen molar-refractivity contribution in [2.45, 2.75) is 57.5 Å².